The molecule has 0 aliphatic heterocycles. The minimum Gasteiger partial charge on any atom is -0.312 e. The lowest BCUT2D eigenvalue weighted by molar-refractivity contribution is 0.661. The summed E-state index contributed by atoms with van der Waals surface area (Å²) < 4.78 is 2.33. The van der Waals surface area contributed by atoms with Gasteiger partial charge in [0.1, 0.15) is 0 Å². The highest BCUT2D eigenvalue weighted by atomic mass is 79.9. The van der Waals surface area contributed by atoms with Crippen LogP contribution in [-0.2, 0) is 0 Å². The van der Waals surface area contributed by atoms with E-state index in [-0.39, 0.29) is 0 Å². The molecule has 0 saturated carbocycles. The summed E-state index contributed by atoms with van der Waals surface area (Å²) in [5.41, 5.74) is 1.34. The number of halogens is 2. The van der Waals surface area contributed by atoms with Crippen LogP contribution in [0.2, 0.25) is 0 Å². The second-order valence-corrected chi connectivity index (χ2v) is 7.39. The van der Waals surface area contributed by atoms with E-state index in [1.165, 1.54) is 14.9 Å². The molecule has 0 spiro atoms. The van der Waals surface area contributed by atoms with Gasteiger partial charge in [-0.25, -0.2) is 0 Å². The summed E-state index contributed by atoms with van der Waals surface area (Å²) in [7, 11) is 2.01. The van der Waals surface area contributed by atoms with Crippen molar-refractivity contribution in [3.8, 4) is 0 Å². The third kappa shape index (κ3) is 3.84. The second kappa shape index (κ2) is 7.10. The number of hydrogen-bond acceptors (Lipinski definition) is 3. The SMILES string of the molecule is CNC(CSc1cccc(Br)c1)c1cscc1Br. The Morgan fingerprint density at radius 2 is 2.17 bits per heavy atom. The summed E-state index contributed by atoms with van der Waals surface area (Å²) in [4.78, 5) is 1.29. The molecule has 1 aromatic carbocycles. The normalized spacial score (nSPS) is 12.6. The van der Waals surface area contributed by atoms with Gasteiger partial charge in [0.2, 0.25) is 0 Å². The van der Waals surface area contributed by atoms with E-state index in [4.69, 9.17) is 0 Å². The second-order valence-electron chi connectivity index (χ2n) is 3.78. The molecule has 1 aromatic heterocycles. The zero-order chi connectivity index (χ0) is 13.0. The Labute approximate surface area is 133 Å². The first-order chi connectivity index (χ1) is 8.70. The summed E-state index contributed by atoms with van der Waals surface area (Å²) in [5, 5.41) is 7.70. The van der Waals surface area contributed by atoms with E-state index in [9.17, 15) is 0 Å². The number of thiophene rings is 1. The van der Waals surface area contributed by atoms with Gasteiger partial charge in [-0.15, -0.1) is 11.8 Å². The van der Waals surface area contributed by atoms with Crippen LogP contribution in [0, 0.1) is 0 Å². The van der Waals surface area contributed by atoms with Gasteiger partial charge < -0.3 is 5.32 Å². The molecule has 0 aliphatic rings. The Balaban J connectivity index is 2.02. The van der Waals surface area contributed by atoms with Crippen LogP contribution in [0.3, 0.4) is 0 Å². The maximum Gasteiger partial charge on any atom is 0.0432 e. The molecule has 0 aliphatic carbocycles. The molecule has 1 unspecified atom stereocenters. The quantitative estimate of drug-likeness (QED) is 0.673. The monoisotopic (exact) mass is 405 g/mol. The third-order valence-electron chi connectivity index (χ3n) is 2.58. The number of nitrogens with one attached hydrogen (secondary N) is 1. The Hall–Kier alpha value is 0.190. The Morgan fingerprint density at radius 3 is 2.78 bits per heavy atom. The number of hydrogen-bond donors (Lipinski definition) is 1. The van der Waals surface area contributed by atoms with Crippen LogP contribution in [0.5, 0.6) is 0 Å². The molecule has 1 N–H and O–H groups in total. The fourth-order valence-electron chi connectivity index (χ4n) is 1.60. The predicted octanol–water partition coefficient (Wildman–Crippen LogP) is 5.33. The molecule has 0 saturated heterocycles. The lowest BCUT2D eigenvalue weighted by Gasteiger charge is -2.15. The van der Waals surface area contributed by atoms with Gasteiger partial charge in [-0.2, -0.15) is 11.3 Å². The van der Waals surface area contributed by atoms with E-state index in [2.05, 4.69) is 72.2 Å². The number of thioether (sulfide) groups is 1. The van der Waals surface area contributed by atoms with E-state index in [1.807, 2.05) is 18.8 Å². The summed E-state index contributed by atoms with van der Waals surface area (Å²) in [6, 6.07) is 8.79. The van der Waals surface area contributed by atoms with E-state index >= 15 is 0 Å². The third-order valence-corrected chi connectivity index (χ3v) is 5.91. The first-order valence-corrected chi connectivity index (χ1v) is 8.99. The topological polar surface area (TPSA) is 12.0 Å². The van der Waals surface area contributed by atoms with Crippen molar-refractivity contribution in [2.45, 2.75) is 10.9 Å². The average Bonchev–Trinajstić information content (AvgIpc) is 2.77. The molecule has 1 atom stereocenters. The van der Waals surface area contributed by atoms with Gasteiger partial charge in [-0.3, -0.25) is 0 Å². The van der Waals surface area contributed by atoms with Crippen LogP contribution in [0.25, 0.3) is 0 Å². The first kappa shape index (κ1) is 14.6. The maximum atomic E-state index is 3.60. The largest absolute Gasteiger partial charge is 0.312 e. The highest BCUT2D eigenvalue weighted by molar-refractivity contribution is 9.10. The lowest BCUT2D eigenvalue weighted by Crippen LogP contribution is -2.18. The van der Waals surface area contributed by atoms with E-state index in [1.54, 1.807) is 11.3 Å². The van der Waals surface area contributed by atoms with Crippen molar-refractivity contribution in [2.75, 3.05) is 12.8 Å². The molecule has 96 valence electrons. The predicted molar refractivity (Wildman–Crippen MR) is 88.7 cm³/mol. The maximum absolute atomic E-state index is 3.60. The number of rotatable bonds is 5. The molecule has 2 aromatic rings. The van der Waals surface area contributed by atoms with Crippen LogP contribution >= 0.6 is 55.0 Å². The van der Waals surface area contributed by atoms with E-state index in [0.717, 1.165) is 10.2 Å². The van der Waals surface area contributed by atoms with Crippen molar-refractivity contribution in [1.29, 1.82) is 0 Å². The molecule has 0 fully saturated rings. The smallest absolute Gasteiger partial charge is 0.0432 e. The Morgan fingerprint density at radius 1 is 1.33 bits per heavy atom. The molecule has 5 heteroatoms. The van der Waals surface area contributed by atoms with Crippen molar-refractivity contribution in [1.82, 2.24) is 5.32 Å². The van der Waals surface area contributed by atoms with Crippen LogP contribution in [0.4, 0.5) is 0 Å². The fourth-order valence-corrected chi connectivity index (χ4v) is 4.87. The van der Waals surface area contributed by atoms with Gasteiger partial charge in [0.25, 0.3) is 0 Å². The van der Waals surface area contributed by atoms with E-state index < -0.39 is 0 Å². The molecule has 18 heavy (non-hydrogen) atoms. The van der Waals surface area contributed by atoms with E-state index in [0.29, 0.717) is 6.04 Å². The average molecular weight is 407 g/mol. The number of benzene rings is 1. The van der Waals surface area contributed by atoms with Crippen molar-refractivity contribution in [3.63, 3.8) is 0 Å². The van der Waals surface area contributed by atoms with Crippen molar-refractivity contribution in [3.05, 3.63) is 49.5 Å². The van der Waals surface area contributed by atoms with Crippen LogP contribution in [0.1, 0.15) is 11.6 Å². The first-order valence-electron chi connectivity index (χ1n) is 5.48. The van der Waals surface area contributed by atoms with Gasteiger partial charge in [0.15, 0.2) is 0 Å². The van der Waals surface area contributed by atoms with Crippen molar-refractivity contribution >= 4 is 55.0 Å². The fraction of sp³-hybridized carbons (Fsp3) is 0.231. The zero-order valence-corrected chi connectivity index (χ0v) is 14.6. The Bertz CT molecular complexity index is 513. The Kier molecular flexibility index (Phi) is 5.76. The van der Waals surface area contributed by atoms with Gasteiger partial charge in [-0.1, -0.05) is 22.0 Å². The summed E-state index contributed by atoms with van der Waals surface area (Å²) in [5.74, 6) is 1.02. The van der Waals surface area contributed by atoms with Gasteiger partial charge in [0.05, 0.1) is 0 Å². The van der Waals surface area contributed by atoms with Crippen molar-refractivity contribution in [2.24, 2.45) is 0 Å². The molecule has 0 radical (unpaired) electrons. The minimum absolute atomic E-state index is 0.370. The summed E-state index contributed by atoms with van der Waals surface area (Å²) in [6.07, 6.45) is 0. The van der Waals surface area contributed by atoms with Crippen LogP contribution < -0.4 is 5.32 Å². The minimum atomic E-state index is 0.370. The molecule has 0 bridgehead atoms. The van der Waals surface area contributed by atoms with Gasteiger partial charge in [0, 0.05) is 31.0 Å². The summed E-state index contributed by atoms with van der Waals surface area (Å²) in [6.45, 7) is 0. The van der Waals surface area contributed by atoms with Crippen LogP contribution in [0.15, 0.2) is 48.9 Å². The highest BCUT2D eigenvalue weighted by Gasteiger charge is 2.13. The van der Waals surface area contributed by atoms with Gasteiger partial charge >= 0.3 is 0 Å². The molecule has 0 amide bonds. The standard InChI is InChI=1S/C13H13Br2NS2/c1-16-13(11-6-17-7-12(11)15)8-18-10-4-2-3-9(14)5-10/h2-7,13,16H,8H2,1H3. The molecular formula is C13H13Br2NS2. The molecule has 2 rings (SSSR count). The zero-order valence-electron chi connectivity index (χ0n) is 9.82. The highest BCUT2D eigenvalue weighted by Crippen LogP contribution is 2.31. The lowest BCUT2D eigenvalue weighted by atomic mass is 10.2. The summed E-state index contributed by atoms with van der Waals surface area (Å²) >= 11 is 10.7. The van der Waals surface area contributed by atoms with Crippen molar-refractivity contribution < 1.29 is 0 Å². The molecular weight excluding hydrogens is 394 g/mol. The molecule has 1 nitrogen and oxygen atoms in total. The van der Waals surface area contributed by atoms with Gasteiger partial charge in [-0.05, 0) is 52.1 Å². The molecule has 1 heterocycles. The van der Waals surface area contributed by atoms with Crippen LogP contribution in [-0.4, -0.2) is 12.8 Å².